The first kappa shape index (κ1) is 22.9. The molecule has 2 aliphatic heterocycles. The van der Waals surface area contributed by atoms with Crippen molar-refractivity contribution in [3.8, 4) is 17.2 Å². The quantitative estimate of drug-likeness (QED) is 0.531. The molecule has 3 aromatic rings. The van der Waals surface area contributed by atoms with Crippen LogP contribution in [-0.2, 0) is 11.2 Å². The molecule has 0 bridgehead atoms. The van der Waals surface area contributed by atoms with Crippen LogP contribution in [0.4, 0.5) is 10.1 Å². The van der Waals surface area contributed by atoms with Crippen molar-refractivity contribution in [3.63, 3.8) is 0 Å². The molecule has 7 heteroatoms. The summed E-state index contributed by atoms with van der Waals surface area (Å²) >= 11 is 0. The van der Waals surface area contributed by atoms with Gasteiger partial charge in [-0.25, -0.2) is 9.38 Å². The summed E-state index contributed by atoms with van der Waals surface area (Å²) in [5, 5.41) is 0. The molecule has 0 saturated carbocycles. The van der Waals surface area contributed by atoms with E-state index in [4.69, 9.17) is 14.5 Å². The van der Waals surface area contributed by atoms with Gasteiger partial charge >= 0.3 is 0 Å². The molecule has 3 aromatic carbocycles. The molecule has 6 nitrogen and oxygen atoms in total. The molecule has 2 heterocycles. The van der Waals surface area contributed by atoms with Crippen molar-refractivity contribution in [2.45, 2.75) is 19.8 Å². The molecule has 0 radical (unpaired) electrons. The molecule has 0 aromatic heterocycles. The van der Waals surface area contributed by atoms with E-state index in [1.165, 1.54) is 12.1 Å². The number of aliphatic imine (C=N–C) groups is 1. The predicted octanol–water partition coefficient (Wildman–Crippen LogP) is 5.10. The Kier molecular flexibility index (Phi) is 6.40. The fraction of sp³-hybridized carbons (Fsp3) is 0.286. The van der Waals surface area contributed by atoms with Crippen molar-refractivity contribution in [3.05, 3.63) is 83.2 Å². The molecule has 0 spiro atoms. The molecule has 35 heavy (non-hydrogen) atoms. The molecule has 0 atom stereocenters. The van der Waals surface area contributed by atoms with E-state index in [0.717, 1.165) is 41.2 Å². The van der Waals surface area contributed by atoms with Crippen LogP contribution in [0.25, 0.3) is 0 Å². The summed E-state index contributed by atoms with van der Waals surface area (Å²) in [5.41, 5.74) is 3.58. The van der Waals surface area contributed by atoms with Crippen LogP contribution < -0.4 is 9.47 Å². The number of rotatable bonds is 3. The minimum atomic E-state index is -0.297. The van der Waals surface area contributed by atoms with E-state index in [1.807, 2.05) is 48.2 Å². The number of aryl methyl sites for hydroxylation is 1. The number of hydrogen-bond acceptors (Lipinski definition) is 5. The largest absolute Gasteiger partial charge is 0.497 e. The van der Waals surface area contributed by atoms with Gasteiger partial charge < -0.3 is 19.3 Å². The average Bonchev–Trinajstić information content (AvgIpc) is 3.19. The van der Waals surface area contributed by atoms with Gasteiger partial charge in [0.1, 0.15) is 28.8 Å². The molecule has 0 unspecified atom stereocenters. The van der Waals surface area contributed by atoms with Gasteiger partial charge in [-0.05, 0) is 60.9 Å². The van der Waals surface area contributed by atoms with E-state index in [2.05, 4.69) is 4.90 Å². The lowest BCUT2D eigenvalue weighted by atomic mass is 10.1. The zero-order valence-electron chi connectivity index (χ0n) is 20.0. The fourth-order valence-corrected chi connectivity index (χ4v) is 4.50. The Morgan fingerprint density at radius 2 is 1.83 bits per heavy atom. The van der Waals surface area contributed by atoms with E-state index in [-0.39, 0.29) is 18.1 Å². The summed E-state index contributed by atoms with van der Waals surface area (Å²) < 4.78 is 24.9. The van der Waals surface area contributed by atoms with Crippen LogP contribution in [0.1, 0.15) is 23.1 Å². The third-order valence-electron chi connectivity index (χ3n) is 6.41. The molecule has 0 aliphatic carbocycles. The molecule has 5 rings (SSSR count). The first-order chi connectivity index (χ1) is 17.0. The number of fused-ring (bicyclic) bond motifs is 2. The van der Waals surface area contributed by atoms with Gasteiger partial charge in [0.2, 0.25) is 5.91 Å². The fourth-order valence-electron chi connectivity index (χ4n) is 4.50. The number of methoxy groups -OCH3 is 1. The SMILES string of the molecule is COc1ccc2c(c1)Oc1cc(C)ccc1N=C2N1CCCN(C(=O)Cc2ccc(F)cc2)CC1. The van der Waals surface area contributed by atoms with E-state index >= 15 is 0 Å². The number of carbonyl (C=O) groups is 1. The molecule has 1 amide bonds. The van der Waals surface area contributed by atoms with Crippen LogP contribution >= 0.6 is 0 Å². The van der Waals surface area contributed by atoms with Gasteiger partial charge in [0.05, 0.1) is 19.1 Å². The van der Waals surface area contributed by atoms with Gasteiger partial charge in [-0.1, -0.05) is 18.2 Å². The second-order valence-corrected chi connectivity index (χ2v) is 8.90. The number of ether oxygens (including phenoxy) is 2. The van der Waals surface area contributed by atoms with Crippen molar-refractivity contribution < 1.29 is 18.7 Å². The van der Waals surface area contributed by atoms with Gasteiger partial charge in [-0.3, -0.25) is 4.79 Å². The lowest BCUT2D eigenvalue weighted by Crippen LogP contribution is -2.38. The normalized spacial score (nSPS) is 15.2. The number of amides is 1. The second kappa shape index (κ2) is 9.78. The average molecular weight is 474 g/mol. The molecule has 180 valence electrons. The molecule has 0 N–H and O–H groups in total. The molecular formula is C28H28FN3O3. The number of nitrogens with zero attached hydrogens (tertiary/aromatic N) is 3. The summed E-state index contributed by atoms with van der Waals surface area (Å²) in [6, 6.07) is 17.9. The van der Waals surface area contributed by atoms with E-state index in [1.54, 1.807) is 19.2 Å². The number of carbonyl (C=O) groups excluding carboxylic acids is 1. The van der Waals surface area contributed by atoms with Crippen LogP contribution in [0, 0.1) is 12.7 Å². The van der Waals surface area contributed by atoms with Crippen molar-refractivity contribution in [2.24, 2.45) is 4.99 Å². The topological polar surface area (TPSA) is 54.4 Å². The summed E-state index contributed by atoms with van der Waals surface area (Å²) in [4.78, 5) is 22.1. The Bertz CT molecular complexity index is 1270. The lowest BCUT2D eigenvalue weighted by molar-refractivity contribution is -0.130. The molecule has 1 fully saturated rings. The third kappa shape index (κ3) is 4.99. The summed E-state index contributed by atoms with van der Waals surface area (Å²) in [6.07, 6.45) is 1.09. The number of hydrogen-bond donors (Lipinski definition) is 0. The maximum Gasteiger partial charge on any atom is 0.227 e. The number of amidine groups is 1. The highest BCUT2D eigenvalue weighted by molar-refractivity contribution is 6.04. The molecule has 1 saturated heterocycles. The minimum Gasteiger partial charge on any atom is -0.497 e. The van der Waals surface area contributed by atoms with Crippen molar-refractivity contribution in [1.29, 1.82) is 0 Å². The first-order valence-electron chi connectivity index (χ1n) is 11.8. The van der Waals surface area contributed by atoms with Crippen LogP contribution in [-0.4, -0.2) is 54.8 Å². The highest BCUT2D eigenvalue weighted by Crippen LogP contribution is 2.40. The van der Waals surface area contributed by atoms with Gasteiger partial charge in [0, 0.05) is 32.2 Å². The second-order valence-electron chi connectivity index (χ2n) is 8.90. The van der Waals surface area contributed by atoms with Gasteiger partial charge in [0.15, 0.2) is 5.75 Å². The highest BCUT2D eigenvalue weighted by Gasteiger charge is 2.26. The number of halogens is 1. The van der Waals surface area contributed by atoms with Gasteiger partial charge in [0.25, 0.3) is 0 Å². The summed E-state index contributed by atoms with van der Waals surface area (Å²) in [6.45, 7) is 4.71. The standard InChI is InChI=1S/C28H28FN3O3/c1-19-4-11-24-26(16-19)35-25-18-22(34-2)9-10-23(25)28(30-24)32-13-3-12-31(14-15-32)27(33)17-20-5-7-21(29)8-6-20/h4-11,16,18H,3,12-15,17H2,1-2H3. The zero-order valence-corrected chi connectivity index (χ0v) is 20.0. The van der Waals surface area contributed by atoms with E-state index in [9.17, 15) is 9.18 Å². The Hall–Kier alpha value is -3.87. The summed E-state index contributed by atoms with van der Waals surface area (Å²) in [5.74, 6) is 2.71. The first-order valence-corrected chi connectivity index (χ1v) is 11.8. The van der Waals surface area contributed by atoms with Crippen LogP contribution in [0.5, 0.6) is 17.2 Å². The Morgan fingerprint density at radius 3 is 2.63 bits per heavy atom. The van der Waals surface area contributed by atoms with Crippen molar-refractivity contribution in [1.82, 2.24) is 9.80 Å². The van der Waals surface area contributed by atoms with Gasteiger partial charge in [-0.15, -0.1) is 0 Å². The highest BCUT2D eigenvalue weighted by atomic mass is 19.1. The van der Waals surface area contributed by atoms with Crippen molar-refractivity contribution >= 4 is 17.4 Å². The molecule has 2 aliphatic rings. The monoisotopic (exact) mass is 473 g/mol. The minimum absolute atomic E-state index is 0.0514. The Balaban J connectivity index is 1.40. The Morgan fingerprint density at radius 1 is 1.00 bits per heavy atom. The van der Waals surface area contributed by atoms with E-state index in [0.29, 0.717) is 36.9 Å². The zero-order chi connectivity index (χ0) is 24.4. The lowest BCUT2D eigenvalue weighted by Gasteiger charge is -2.25. The van der Waals surface area contributed by atoms with E-state index < -0.39 is 0 Å². The third-order valence-corrected chi connectivity index (χ3v) is 6.41. The maximum absolute atomic E-state index is 13.2. The van der Waals surface area contributed by atoms with Crippen LogP contribution in [0.15, 0.2) is 65.7 Å². The van der Waals surface area contributed by atoms with Crippen LogP contribution in [0.2, 0.25) is 0 Å². The smallest absolute Gasteiger partial charge is 0.227 e. The molecular weight excluding hydrogens is 445 g/mol. The predicted molar refractivity (Wildman–Crippen MR) is 133 cm³/mol. The van der Waals surface area contributed by atoms with Crippen LogP contribution in [0.3, 0.4) is 0 Å². The Labute approximate surface area is 204 Å². The maximum atomic E-state index is 13.2. The number of benzene rings is 3. The summed E-state index contributed by atoms with van der Waals surface area (Å²) in [7, 11) is 1.64. The van der Waals surface area contributed by atoms with Gasteiger partial charge in [-0.2, -0.15) is 0 Å². The van der Waals surface area contributed by atoms with Crippen molar-refractivity contribution in [2.75, 3.05) is 33.3 Å².